The molecule has 1 fully saturated rings. The number of rotatable bonds is 6. The van der Waals surface area contributed by atoms with Gasteiger partial charge in [0, 0.05) is 13.1 Å². The second-order valence-electron chi connectivity index (χ2n) is 6.22. The number of carbonyl (C=O) groups is 1. The maximum absolute atomic E-state index is 11.4. The van der Waals surface area contributed by atoms with Crippen LogP contribution in [0.15, 0.2) is 12.2 Å². The van der Waals surface area contributed by atoms with Crippen LogP contribution in [0.1, 0.15) is 33.6 Å². The molecule has 1 saturated heterocycles. The third-order valence-corrected chi connectivity index (χ3v) is 3.02. The van der Waals surface area contributed by atoms with E-state index in [2.05, 4.69) is 16.0 Å². The molecule has 0 aliphatic carbocycles. The molecule has 20 heavy (non-hydrogen) atoms. The summed E-state index contributed by atoms with van der Waals surface area (Å²) in [7, 11) is 0. The number of alkyl carbamates (subject to hydrolysis) is 1. The van der Waals surface area contributed by atoms with E-state index in [-0.39, 0.29) is 6.09 Å². The molecular weight excluding hydrogens is 254 g/mol. The van der Waals surface area contributed by atoms with E-state index in [1.54, 1.807) is 0 Å². The average molecular weight is 283 g/mol. The second kappa shape index (κ2) is 8.97. The van der Waals surface area contributed by atoms with E-state index >= 15 is 0 Å². The summed E-state index contributed by atoms with van der Waals surface area (Å²) in [5.74, 6) is 0.747. The summed E-state index contributed by atoms with van der Waals surface area (Å²) < 4.78 is 5.14. The van der Waals surface area contributed by atoms with E-state index in [1.165, 1.54) is 12.8 Å². The van der Waals surface area contributed by atoms with Crippen molar-refractivity contribution in [2.24, 2.45) is 5.92 Å². The minimum Gasteiger partial charge on any atom is -0.444 e. The van der Waals surface area contributed by atoms with Crippen LogP contribution in [0.2, 0.25) is 0 Å². The van der Waals surface area contributed by atoms with Crippen LogP contribution in [0.3, 0.4) is 0 Å². The Kier molecular flexibility index (Phi) is 7.62. The molecule has 0 saturated carbocycles. The van der Waals surface area contributed by atoms with E-state index < -0.39 is 5.60 Å². The lowest BCUT2D eigenvalue weighted by atomic mass is 10.00. The highest BCUT2D eigenvalue weighted by molar-refractivity contribution is 5.67. The lowest BCUT2D eigenvalue weighted by Gasteiger charge is -2.22. The van der Waals surface area contributed by atoms with E-state index in [9.17, 15) is 4.79 Å². The number of hydrogen-bond donors (Lipinski definition) is 3. The van der Waals surface area contributed by atoms with Gasteiger partial charge >= 0.3 is 6.09 Å². The first kappa shape index (κ1) is 17.0. The number of carbonyl (C=O) groups excluding carboxylic acids is 1. The topological polar surface area (TPSA) is 62.4 Å². The molecule has 1 unspecified atom stereocenters. The molecule has 116 valence electrons. The van der Waals surface area contributed by atoms with Gasteiger partial charge in [0.15, 0.2) is 0 Å². The van der Waals surface area contributed by atoms with Crippen molar-refractivity contribution in [2.75, 3.05) is 32.7 Å². The van der Waals surface area contributed by atoms with Crippen molar-refractivity contribution in [3.63, 3.8) is 0 Å². The average Bonchev–Trinajstić information content (AvgIpc) is 2.37. The van der Waals surface area contributed by atoms with Crippen LogP contribution in [0.25, 0.3) is 0 Å². The summed E-state index contributed by atoms with van der Waals surface area (Å²) in [4.78, 5) is 11.4. The number of ether oxygens (including phenoxy) is 1. The van der Waals surface area contributed by atoms with Crippen molar-refractivity contribution >= 4 is 6.09 Å². The summed E-state index contributed by atoms with van der Waals surface area (Å²) in [6.45, 7) is 10.2. The maximum atomic E-state index is 11.4. The predicted molar refractivity (Wildman–Crippen MR) is 81.8 cm³/mol. The molecule has 0 aromatic heterocycles. The van der Waals surface area contributed by atoms with E-state index in [0.29, 0.717) is 6.54 Å². The molecule has 0 aromatic rings. The lowest BCUT2D eigenvalue weighted by Crippen LogP contribution is -2.36. The van der Waals surface area contributed by atoms with E-state index in [0.717, 1.165) is 32.1 Å². The molecule has 1 aliphatic rings. The van der Waals surface area contributed by atoms with Gasteiger partial charge in [-0.2, -0.15) is 0 Å². The van der Waals surface area contributed by atoms with Gasteiger partial charge in [0.25, 0.3) is 0 Å². The normalized spacial score (nSPS) is 20.1. The zero-order chi connectivity index (χ0) is 14.8. The molecule has 0 bridgehead atoms. The third-order valence-electron chi connectivity index (χ3n) is 3.02. The van der Waals surface area contributed by atoms with Crippen LogP contribution in [0, 0.1) is 5.92 Å². The number of amides is 1. The Labute approximate surface area is 122 Å². The fraction of sp³-hybridized carbons (Fsp3) is 0.800. The van der Waals surface area contributed by atoms with Gasteiger partial charge in [-0.15, -0.1) is 0 Å². The first-order valence-electron chi connectivity index (χ1n) is 7.50. The Morgan fingerprint density at radius 2 is 2.10 bits per heavy atom. The predicted octanol–water partition coefficient (Wildman–Crippen LogP) is 1.66. The molecule has 1 aliphatic heterocycles. The van der Waals surface area contributed by atoms with Crippen LogP contribution in [0.5, 0.6) is 0 Å². The van der Waals surface area contributed by atoms with Crippen molar-refractivity contribution in [3.8, 4) is 0 Å². The Morgan fingerprint density at radius 3 is 2.75 bits per heavy atom. The largest absolute Gasteiger partial charge is 0.444 e. The molecule has 1 heterocycles. The fourth-order valence-electron chi connectivity index (χ4n) is 2.09. The molecule has 5 heteroatoms. The SMILES string of the molecule is CC(C)(C)OC(=O)NC/C=C/CNCC1CCCNC1. The minimum absolute atomic E-state index is 0.372. The second-order valence-corrected chi connectivity index (χ2v) is 6.22. The van der Waals surface area contributed by atoms with Crippen LogP contribution in [-0.4, -0.2) is 44.4 Å². The first-order chi connectivity index (χ1) is 9.47. The Bertz CT molecular complexity index is 305. The molecule has 0 radical (unpaired) electrons. The van der Waals surface area contributed by atoms with Crippen molar-refractivity contribution in [1.29, 1.82) is 0 Å². The molecule has 1 amide bonds. The highest BCUT2D eigenvalue weighted by Crippen LogP contribution is 2.08. The Morgan fingerprint density at radius 1 is 1.35 bits per heavy atom. The molecule has 1 atom stereocenters. The maximum Gasteiger partial charge on any atom is 0.407 e. The van der Waals surface area contributed by atoms with Crippen LogP contribution < -0.4 is 16.0 Å². The molecular formula is C15H29N3O2. The van der Waals surface area contributed by atoms with Crippen LogP contribution in [0.4, 0.5) is 4.79 Å². The van der Waals surface area contributed by atoms with Gasteiger partial charge in [-0.25, -0.2) is 4.79 Å². The van der Waals surface area contributed by atoms with Crippen LogP contribution >= 0.6 is 0 Å². The van der Waals surface area contributed by atoms with Gasteiger partial charge in [0.1, 0.15) is 5.60 Å². The van der Waals surface area contributed by atoms with Gasteiger partial charge in [0.2, 0.25) is 0 Å². The number of nitrogens with one attached hydrogen (secondary N) is 3. The van der Waals surface area contributed by atoms with Gasteiger partial charge < -0.3 is 20.7 Å². The number of hydrogen-bond acceptors (Lipinski definition) is 4. The standard InChI is InChI=1S/C15H29N3O2/c1-15(2,3)20-14(19)18-10-5-4-8-16-11-13-7-6-9-17-12-13/h4-5,13,16-17H,6-12H2,1-3H3,(H,18,19)/b5-4+. The van der Waals surface area contributed by atoms with Gasteiger partial charge in [-0.3, -0.25) is 0 Å². The monoisotopic (exact) mass is 283 g/mol. The van der Waals surface area contributed by atoms with Crippen LogP contribution in [-0.2, 0) is 4.74 Å². The molecule has 3 N–H and O–H groups in total. The highest BCUT2D eigenvalue weighted by Gasteiger charge is 2.15. The third kappa shape index (κ3) is 8.93. The van der Waals surface area contributed by atoms with Crippen molar-refractivity contribution in [1.82, 2.24) is 16.0 Å². The van der Waals surface area contributed by atoms with Crippen molar-refractivity contribution in [2.45, 2.75) is 39.2 Å². The minimum atomic E-state index is -0.441. The zero-order valence-electron chi connectivity index (χ0n) is 13.0. The van der Waals surface area contributed by atoms with Gasteiger partial charge in [-0.05, 0) is 59.2 Å². The van der Waals surface area contributed by atoms with E-state index in [1.807, 2.05) is 32.9 Å². The molecule has 0 aromatic carbocycles. The smallest absolute Gasteiger partial charge is 0.407 e. The molecule has 0 spiro atoms. The molecule has 5 nitrogen and oxygen atoms in total. The molecule has 1 rings (SSSR count). The van der Waals surface area contributed by atoms with Crippen molar-refractivity contribution < 1.29 is 9.53 Å². The lowest BCUT2D eigenvalue weighted by molar-refractivity contribution is 0.0534. The summed E-state index contributed by atoms with van der Waals surface area (Å²) in [5, 5.41) is 9.51. The summed E-state index contributed by atoms with van der Waals surface area (Å²) in [5.41, 5.74) is -0.441. The highest BCUT2D eigenvalue weighted by atomic mass is 16.6. The Balaban J connectivity index is 1.97. The quantitative estimate of drug-likeness (QED) is 0.512. The summed E-state index contributed by atoms with van der Waals surface area (Å²) in [6, 6.07) is 0. The number of piperidine rings is 1. The van der Waals surface area contributed by atoms with Gasteiger partial charge in [-0.1, -0.05) is 12.2 Å². The summed E-state index contributed by atoms with van der Waals surface area (Å²) in [6.07, 6.45) is 6.19. The van der Waals surface area contributed by atoms with Crippen molar-refractivity contribution in [3.05, 3.63) is 12.2 Å². The fourth-order valence-corrected chi connectivity index (χ4v) is 2.09. The van der Waals surface area contributed by atoms with Gasteiger partial charge in [0.05, 0.1) is 0 Å². The Hall–Kier alpha value is -1.07. The zero-order valence-corrected chi connectivity index (χ0v) is 13.0. The van der Waals surface area contributed by atoms with E-state index in [4.69, 9.17) is 4.74 Å². The first-order valence-corrected chi connectivity index (χ1v) is 7.50. The summed E-state index contributed by atoms with van der Waals surface area (Å²) >= 11 is 0.